The topological polar surface area (TPSA) is 44.5 Å². The van der Waals surface area contributed by atoms with Crippen molar-refractivity contribution in [2.45, 2.75) is 20.8 Å². The summed E-state index contributed by atoms with van der Waals surface area (Å²) < 4.78 is 10.9. The minimum Gasteiger partial charge on any atom is -0.497 e. The molecule has 3 heteroatoms. The number of ether oxygens (including phenoxy) is 2. The smallest absolute Gasteiger partial charge is 0.122 e. The molecule has 0 saturated heterocycles. The van der Waals surface area contributed by atoms with Crippen molar-refractivity contribution < 1.29 is 9.47 Å². The van der Waals surface area contributed by atoms with Crippen molar-refractivity contribution >= 4 is 0 Å². The lowest BCUT2D eigenvalue weighted by molar-refractivity contribution is 0.152. The fourth-order valence-electron chi connectivity index (χ4n) is 1.56. The SMILES string of the molecule is COc1cccc(OCC(CN)C(C)(C)C)c1. The quantitative estimate of drug-likeness (QED) is 0.856. The molecule has 2 N–H and O–H groups in total. The number of benzene rings is 1. The monoisotopic (exact) mass is 237 g/mol. The number of hydrogen-bond donors (Lipinski definition) is 1. The minimum absolute atomic E-state index is 0.160. The second-order valence-corrected chi connectivity index (χ2v) is 5.29. The van der Waals surface area contributed by atoms with E-state index in [0.717, 1.165) is 11.5 Å². The Kier molecular flexibility index (Phi) is 4.82. The molecule has 0 aliphatic carbocycles. The Balaban J connectivity index is 2.59. The van der Waals surface area contributed by atoms with Crippen LogP contribution in [-0.2, 0) is 0 Å². The third-order valence-corrected chi connectivity index (χ3v) is 3.00. The van der Waals surface area contributed by atoms with Crippen LogP contribution >= 0.6 is 0 Å². The van der Waals surface area contributed by atoms with Gasteiger partial charge in [-0.1, -0.05) is 26.8 Å². The molecule has 17 heavy (non-hydrogen) atoms. The first-order valence-electron chi connectivity index (χ1n) is 5.94. The predicted octanol–water partition coefficient (Wildman–Crippen LogP) is 2.70. The van der Waals surface area contributed by atoms with Gasteiger partial charge in [-0.25, -0.2) is 0 Å². The van der Waals surface area contributed by atoms with Crippen molar-refractivity contribution in [1.29, 1.82) is 0 Å². The fraction of sp³-hybridized carbons (Fsp3) is 0.571. The third kappa shape index (κ3) is 4.27. The molecule has 3 nitrogen and oxygen atoms in total. The Bertz CT molecular complexity index is 344. The molecule has 0 aliphatic rings. The van der Waals surface area contributed by atoms with Crippen LogP contribution in [0.4, 0.5) is 0 Å². The number of nitrogens with two attached hydrogens (primary N) is 1. The molecule has 0 radical (unpaired) electrons. The molecule has 1 atom stereocenters. The van der Waals surface area contributed by atoms with Gasteiger partial charge in [0.25, 0.3) is 0 Å². The molecule has 1 unspecified atom stereocenters. The van der Waals surface area contributed by atoms with Gasteiger partial charge in [-0.3, -0.25) is 0 Å². The van der Waals surface area contributed by atoms with E-state index in [1.807, 2.05) is 24.3 Å². The molecule has 0 saturated carbocycles. The highest BCUT2D eigenvalue weighted by atomic mass is 16.5. The van der Waals surface area contributed by atoms with Crippen LogP contribution in [0.25, 0.3) is 0 Å². The van der Waals surface area contributed by atoms with E-state index in [-0.39, 0.29) is 5.41 Å². The Morgan fingerprint density at radius 2 is 1.88 bits per heavy atom. The lowest BCUT2D eigenvalue weighted by atomic mass is 9.81. The summed E-state index contributed by atoms with van der Waals surface area (Å²) in [7, 11) is 1.65. The first-order valence-corrected chi connectivity index (χ1v) is 5.94. The van der Waals surface area contributed by atoms with Gasteiger partial charge in [0.1, 0.15) is 11.5 Å². The molecule has 1 rings (SSSR count). The van der Waals surface area contributed by atoms with Crippen LogP contribution < -0.4 is 15.2 Å². The van der Waals surface area contributed by atoms with Crippen molar-refractivity contribution in [2.75, 3.05) is 20.3 Å². The zero-order chi connectivity index (χ0) is 12.9. The Labute approximate surface area is 104 Å². The van der Waals surface area contributed by atoms with Crippen molar-refractivity contribution in [1.82, 2.24) is 0 Å². The Morgan fingerprint density at radius 1 is 1.24 bits per heavy atom. The summed E-state index contributed by atoms with van der Waals surface area (Å²) in [6.45, 7) is 7.80. The number of methoxy groups -OCH3 is 1. The molecule has 0 bridgehead atoms. The predicted molar refractivity (Wildman–Crippen MR) is 70.5 cm³/mol. The van der Waals surface area contributed by atoms with E-state index in [9.17, 15) is 0 Å². The first-order chi connectivity index (χ1) is 7.97. The van der Waals surface area contributed by atoms with Gasteiger partial charge in [0, 0.05) is 12.0 Å². The maximum atomic E-state index is 5.77. The summed E-state index contributed by atoms with van der Waals surface area (Å²) in [5.74, 6) is 1.98. The van der Waals surface area contributed by atoms with Crippen molar-refractivity contribution in [3.63, 3.8) is 0 Å². The normalized spacial score (nSPS) is 13.2. The standard InChI is InChI=1S/C14H23NO2/c1-14(2,3)11(9-15)10-17-13-7-5-6-12(8-13)16-4/h5-8,11H,9-10,15H2,1-4H3. The maximum Gasteiger partial charge on any atom is 0.122 e. The van der Waals surface area contributed by atoms with Crippen LogP contribution in [0.5, 0.6) is 11.5 Å². The molecule has 0 spiro atoms. The Morgan fingerprint density at radius 3 is 2.41 bits per heavy atom. The minimum atomic E-state index is 0.160. The molecule has 0 amide bonds. The second-order valence-electron chi connectivity index (χ2n) is 5.29. The molecule has 1 aromatic rings. The van der Waals surface area contributed by atoms with Crippen molar-refractivity contribution in [2.24, 2.45) is 17.1 Å². The number of rotatable bonds is 5. The van der Waals surface area contributed by atoms with Crippen LogP contribution in [0.3, 0.4) is 0 Å². The maximum absolute atomic E-state index is 5.77. The average Bonchev–Trinajstić information content (AvgIpc) is 2.28. The Hall–Kier alpha value is -1.22. The fourth-order valence-corrected chi connectivity index (χ4v) is 1.56. The van der Waals surface area contributed by atoms with Gasteiger partial charge in [0.05, 0.1) is 13.7 Å². The van der Waals surface area contributed by atoms with Crippen molar-refractivity contribution in [3.8, 4) is 11.5 Å². The lowest BCUT2D eigenvalue weighted by Crippen LogP contribution is -2.33. The van der Waals surface area contributed by atoms with E-state index in [4.69, 9.17) is 15.2 Å². The van der Waals surface area contributed by atoms with E-state index in [1.54, 1.807) is 7.11 Å². The first kappa shape index (κ1) is 13.8. The highest BCUT2D eigenvalue weighted by Gasteiger charge is 2.23. The summed E-state index contributed by atoms with van der Waals surface area (Å²) in [5, 5.41) is 0. The van der Waals surface area contributed by atoms with Crippen LogP contribution in [0.15, 0.2) is 24.3 Å². The van der Waals surface area contributed by atoms with E-state index in [0.29, 0.717) is 19.1 Å². The highest BCUT2D eigenvalue weighted by molar-refractivity contribution is 5.32. The van der Waals surface area contributed by atoms with Crippen LogP contribution in [0.2, 0.25) is 0 Å². The average molecular weight is 237 g/mol. The van der Waals surface area contributed by atoms with Gasteiger partial charge in [-0.15, -0.1) is 0 Å². The molecule has 0 heterocycles. The summed E-state index contributed by atoms with van der Waals surface area (Å²) in [5.41, 5.74) is 5.93. The highest BCUT2D eigenvalue weighted by Crippen LogP contribution is 2.26. The summed E-state index contributed by atoms with van der Waals surface area (Å²) in [4.78, 5) is 0. The van der Waals surface area contributed by atoms with E-state index in [1.165, 1.54) is 0 Å². The summed E-state index contributed by atoms with van der Waals surface area (Å²) in [6.07, 6.45) is 0. The van der Waals surface area contributed by atoms with Crippen LogP contribution in [0, 0.1) is 11.3 Å². The molecular weight excluding hydrogens is 214 g/mol. The molecule has 1 aromatic carbocycles. The molecule has 0 fully saturated rings. The van der Waals surface area contributed by atoms with Gasteiger partial charge in [-0.2, -0.15) is 0 Å². The largest absolute Gasteiger partial charge is 0.497 e. The molecule has 96 valence electrons. The van der Waals surface area contributed by atoms with E-state index in [2.05, 4.69) is 20.8 Å². The second kappa shape index (κ2) is 5.92. The summed E-state index contributed by atoms with van der Waals surface area (Å²) >= 11 is 0. The lowest BCUT2D eigenvalue weighted by Gasteiger charge is -2.29. The van der Waals surface area contributed by atoms with Gasteiger partial charge >= 0.3 is 0 Å². The van der Waals surface area contributed by atoms with Gasteiger partial charge < -0.3 is 15.2 Å². The van der Waals surface area contributed by atoms with Crippen LogP contribution in [0.1, 0.15) is 20.8 Å². The molecule has 0 aromatic heterocycles. The zero-order valence-electron chi connectivity index (χ0n) is 11.2. The van der Waals surface area contributed by atoms with E-state index < -0.39 is 0 Å². The van der Waals surface area contributed by atoms with Gasteiger partial charge in [-0.05, 0) is 24.1 Å². The van der Waals surface area contributed by atoms with Crippen LogP contribution in [-0.4, -0.2) is 20.3 Å². The van der Waals surface area contributed by atoms with Crippen molar-refractivity contribution in [3.05, 3.63) is 24.3 Å². The zero-order valence-corrected chi connectivity index (χ0v) is 11.2. The van der Waals surface area contributed by atoms with Gasteiger partial charge in [0.15, 0.2) is 0 Å². The summed E-state index contributed by atoms with van der Waals surface area (Å²) in [6, 6.07) is 7.63. The molecular formula is C14H23NO2. The van der Waals surface area contributed by atoms with Gasteiger partial charge in [0.2, 0.25) is 0 Å². The van der Waals surface area contributed by atoms with E-state index >= 15 is 0 Å². The third-order valence-electron chi connectivity index (χ3n) is 3.00. The molecule has 0 aliphatic heterocycles. The number of hydrogen-bond acceptors (Lipinski definition) is 3.